The van der Waals surface area contributed by atoms with E-state index in [-0.39, 0.29) is 12.8 Å². The Labute approximate surface area is 219 Å². The lowest BCUT2D eigenvalue weighted by Crippen LogP contribution is -2.63. The minimum atomic E-state index is -6.36. The van der Waals surface area contributed by atoms with Crippen molar-refractivity contribution in [3.63, 3.8) is 0 Å². The SMILES string of the molecule is CCC(C)C(=O)OC1(C)COC(O)(C(F)(F)F)C1(F)F.CCC(C)C(=O)OCC(F)(F)C(F)(F)C(F)(F)C(F)F. The number of alkyl halides is 13. The van der Waals surface area contributed by atoms with Crippen molar-refractivity contribution >= 4 is 11.9 Å². The van der Waals surface area contributed by atoms with Gasteiger partial charge in [0.15, 0.2) is 6.61 Å². The molecule has 0 aromatic rings. The average Bonchev–Trinajstić information content (AvgIpc) is 3.01. The second-order valence-corrected chi connectivity index (χ2v) is 9.09. The summed E-state index contributed by atoms with van der Waals surface area (Å²) in [5.74, 6) is -31.8. The van der Waals surface area contributed by atoms with Crippen LogP contribution in [-0.4, -0.2) is 77.9 Å². The van der Waals surface area contributed by atoms with Crippen LogP contribution in [0, 0.1) is 11.8 Å². The standard InChI is InChI=1S/C11H15F5O4.C10H12F8O2/c1-4-6(2)7(17)20-8(3)5-19-10(18,9(8,12)13)11(14,15)16;1-3-5(2)6(19)20-4-8(13,14)10(17,18)9(15,16)7(11)12/h6,18H,4-5H2,1-3H3;5,7H,3-4H2,1-2H3. The Kier molecular flexibility index (Phi) is 11.8. The lowest BCUT2D eigenvalue weighted by atomic mass is 9.94. The number of aliphatic hydroxyl groups is 1. The van der Waals surface area contributed by atoms with Crippen molar-refractivity contribution in [1.29, 1.82) is 0 Å². The molecule has 1 saturated heterocycles. The summed E-state index contributed by atoms with van der Waals surface area (Å²) in [6, 6.07) is 0. The van der Waals surface area contributed by atoms with Crippen molar-refractivity contribution in [2.75, 3.05) is 13.2 Å². The highest BCUT2D eigenvalue weighted by molar-refractivity contribution is 5.72. The molecule has 4 unspecified atom stereocenters. The molecule has 0 aromatic carbocycles. The van der Waals surface area contributed by atoms with Gasteiger partial charge in [0.05, 0.1) is 18.4 Å². The van der Waals surface area contributed by atoms with Crippen LogP contribution in [0.5, 0.6) is 0 Å². The third-order valence-electron chi connectivity index (χ3n) is 5.93. The molecule has 0 bridgehead atoms. The molecule has 0 spiro atoms. The quantitative estimate of drug-likeness (QED) is 0.238. The number of hydrogen-bond acceptors (Lipinski definition) is 6. The van der Waals surface area contributed by atoms with Gasteiger partial charge in [0.1, 0.15) is 0 Å². The van der Waals surface area contributed by atoms with E-state index in [4.69, 9.17) is 5.11 Å². The smallest absolute Gasteiger partial charge is 0.449 e. The molecular formula is C21H27F13O6. The van der Waals surface area contributed by atoms with Gasteiger partial charge in [-0.2, -0.15) is 48.3 Å². The number of halogens is 13. The summed E-state index contributed by atoms with van der Waals surface area (Å²) in [5.41, 5.74) is -2.89. The van der Waals surface area contributed by atoms with E-state index in [2.05, 4.69) is 14.2 Å². The van der Waals surface area contributed by atoms with Crippen LogP contribution in [0.2, 0.25) is 0 Å². The minimum Gasteiger partial charge on any atom is -0.459 e. The molecule has 0 aliphatic carbocycles. The molecule has 0 aromatic heterocycles. The van der Waals surface area contributed by atoms with Crippen molar-refractivity contribution in [3.8, 4) is 0 Å². The molecule has 1 N–H and O–H groups in total. The number of carbonyl (C=O) groups excluding carboxylic acids is 2. The van der Waals surface area contributed by atoms with Crippen LogP contribution in [0.4, 0.5) is 57.1 Å². The monoisotopic (exact) mass is 622 g/mol. The zero-order valence-electron chi connectivity index (χ0n) is 21.5. The first kappa shape index (κ1) is 38.0. The van der Waals surface area contributed by atoms with Crippen LogP contribution < -0.4 is 0 Å². The Morgan fingerprint density at radius 2 is 1.32 bits per heavy atom. The van der Waals surface area contributed by atoms with Crippen molar-refractivity contribution in [2.24, 2.45) is 11.8 Å². The number of ether oxygens (including phenoxy) is 3. The molecule has 4 atom stereocenters. The second-order valence-electron chi connectivity index (χ2n) is 9.09. The lowest BCUT2D eigenvalue weighted by molar-refractivity contribution is -0.409. The average molecular weight is 622 g/mol. The maximum Gasteiger partial charge on any atom is 0.449 e. The molecule has 1 fully saturated rings. The van der Waals surface area contributed by atoms with Gasteiger partial charge in [-0.1, -0.05) is 27.7 Å². The number of esters is 2. The molecule has 40 heavy (non-hydrogen) atoms. The first-order valence-electron chi connectivity index (χ1n) is 11.2. The molecule has 0 amide bonds. The predicted molar refractivity (Wildman–Crippen MR) is 107 cm³/mol. The molecular weight excluding hydrogens is 595 g/mol. The lowest BCUT2D eigenvalue weighted by Gasteiger charge is -2.35. The fourth-order valence-corrected chi connectivity index (χ4v) is 2.57. The van der Waals surface area contributed by atoms with Gasteiger partial charge in [-0.05, 0) is 19.8 Å². The van der Waals surface area contributed by atoms with Crippen molar-refractivity contribution in [1.82, 2.24) is 0 Å². The molecule has 0 saturated carbocycles. The summed E-state index contributed by atoms with van der Waals surface area (Å²) in [7, 11) is 0. The van der Waals surface area contributed by atoms with E-state index in [1.165, 1.54) is 20.8 Å². The highest BCUT2D eigenvalue weighted by Gasteiger charge is 2.82. The largest absolute Gasteiger partial charge is 0.459 e. The van der Waals surface area contributed by atoms with Gasteiger partial charge in [0.2, 0.25) is 5.60 Å². The molecule has 1 heterocycles. The summed E-state index contributed by atoms with van der Waals surface area (Å²) >= 11 is 0. The number of carbonyl (C=O) groups is 2. The Hall–Kier alpha value is -2.05. The summed E-state index contributed by atoms with van der Waals surface area (Å²) in [6.45, 7) is 2.58. The first-order valence-corrected chi connectivity index (χ1v) is 11.2. The Bertz CT molecular complexity index is 880. The fraction of sp³-hybridized carbons (Fsp3) is 0.905. The Morgan fingerprint density at radius 1 is 0.900 bits per heavy atom. The van der Waals surface area contributed by atoms with Gasteiger partial charge in [-0.3, -0.25) is 9.59 Å². The molecule has 19 heteroatoms. The van der Waals surface area contributed by atoms with E-state index in [1.807, 2.05) is 0 Å². The highest BCUT2D eigenvalue weighted by Crippen LogP contribution is 2.54. The van der Waals surface area contributed by atoms with Crippen LogP contribution in [0.1, 0.15) is 47.5 Å². The van der Waals surface area contributed by atoms with Crippen LogP contribution in [0.25, 0.3) is 0 Å². The van der Waals surface area contributed by atoms with Gasteiger partial charge in [-0.15, -0.1) is 0 Å². The molecule has 6 nitrogen and oxygen atoms in total. The summed E-state index contributed by atoms with van der Waals surface area (Å²) in [6.07, 6.45) is -10.3. The van der Waals surface area contributed by atoms with Crippen molar-refractivity contribution < 1.29 is 86.0 Å². The molecule has 1 rings (SSSR count). The molecule has 238 valence electrons. The van der Waals surface area contributed by atoms with Crippen LogP contribution >= 0.6 is 0 Å². The number of rotatable bonds is 10. The third kappa shape index (κ3) is 7.05. The zero-order valence-corrected chi connectivity index (χ0v) is 21.5. The van der Waals surface area contributed by atoms with Crippen LogP contribution in [0.15, 0.2) is 0 Å². The van der Waals surface area contributed by atoms with Gasteiger partial charge < -0.3 is 19.3 Å². The highest BCUT2D eigenvalue weighted by atomic mass is 19.4. The maximum atomic E-state index is 13.9. The zero-order chi connectivity index (χ0) is 32.3. The summed E-state index contributed by atoms with van der Waals surface area (Å²) in [4.78, 5) is 22.5. The number of hydrogen-bond donors (Lipinski definition) is 1. The van der Waals surface area contributed by atoms with Crippen molar-refractivity contribution in [2.45, 2.75) is 95.1 Å². The summed E-state index contributed by atoms with van der Waals surface area (Å²) in [5, 5.41) is 9.11. The Balaban J connectivity index is 0.000000760. The van der Waals surface area contributed by atoms with E-state index in [0.717, 1.165) is 0 Å². The van der Waals surface area contributed by atoms with E-state index in [9.17, 15) is 66.7 Å². The first-order chi connectivity index (χ1) is 17.6. The van der Waals surface area contributed by atoms with E-state index < -0.39 is 84.7 Å². The fourth-order valence-electron chi connectivity index (χ4n) is 2.57. The van der Waals surface area contributed by atoms with E-state index >= 15 is 0 Å². The van der Waals surface area contributed by atoms with Crippen molar-refractivity contribution in [3.05, 3.63) is 0 Å². The van der Waals surface area contributed by atoms with E-state index in [1.54, 1.807) is 6.92 Å². The topological polar surface area (TPSA) is 82.1 Å². The Morgan fingerprint density at radius 3 is 1.68 bits per heavy atom. The van der Waals surface area contributed by atoms with Gasteiger partial charge >= 0.3 is 54.0 Å². The third-order valence-corrected chi connectivity index (χ3v) is 5.93. The van der Waals surface area contributed by atoms with Crippen LogP contribution in [0.3, 0.4) is 0 Å². The van der Waals surface area contributed by atoms with Gasteiger partial charge in [-0.25, -0.2) is 8.78 Å². The van der Waals surface area contributed by atoms with Gasteiger partial charge in [0.25, 0.3) is 0 Å². The molecule has 1 aliphatic rings. The predicted octanol–water partition coefficient (Wildman–Crippen LogP) is 6.00. The second kappa shape index (κ2) is 12.4. The molecule has 1 aliphatic heterocycles. The minimum absolute atomic E-state index is 0.133. The van der Waals surface area contributed by atoms with Crippen LogP contribution in [-0.2, 0) is 23.8 Å². The van der Waals surface area contributed by atoms with E-state index in [0.29, 0.717) is 6.92 Å². The normalized spacial score (nSPS) is 25.1. The maximum absolute atomic E-state index is 13.9. The molecule has 0 radical (unpaired) electrons. The van der Waals surface area contributed by atoms with Gasteiger partial charge in [0, 0.05) is 0 Å². The summed E-state index contributed by atoms with van der Waals surface area (Å²) < 4.78 is 177.